The topological polar surface area (TPSA) is 79.4 Å². The highest BCUT2D eigenvalue weighted by Gasteiger charge is 2.20. The minimum Gasteiger partial charge on any atom is -0.496 e. The maximum atomic E-state index is 13.4. The van der Waals surface area contributed by atoms with Crippen molar-refractivity contribution >= 4 is 17.8 Å². The zero-order chi connectivity index (χ0) is 38.8. The largest absolute Gasteiger partial charge is 0.496 e. The summed E-state index contributed by atoms with van der Waals surface area (Å²) in [4.78, 5) is 44.1. The van der Waals surface area contributed by atoms with Gasteiger partial charge in [-0.05, 0) is 51.8 Å². The van der Waals surface area contributed by atoms with Crippen LogP contribution in [0.15, 0.2) is 11.3 Å². The molecule has 53 heavy (non-hydrogen) atoms. The molecule has 0 spiro atoms. The fourth-order valence-electron chi connectivity index (χ4n) is 6.89. The molecule has 0 N–H and O–H groups in total. The molecule has 310 valence electrons. The van der Waals surface area contributed by atoms with E-state index in [1.54, 1.807) is 16.8 Å². The van der Waals surface area contributed by atoms with Crippen LogP contribution in [0.4, 0.5) is 0 Å². The average Bonchev–Trinajstić information content (AvgIpc) is 3.12. The molecule has 0 unspecified atom stereocenters. The predicted octanol–water partition coefficient (Wildman–Crippen LogP) is 11.0. The van der Waals surface area contributed by atoms with E-state index in [1.807, 2.05) is 19.0 Å². The molecule has 8 nitrogen and oxygen atoms in total. The van der Waals surface area contributed by atoms with Crippen LogP contribution in [0.2, 0.25) is 0 Å². The Morgan fingerprint density at radius 3 is 1.38 bits per heavy atom. The van der Waals surface area contributed by atoms with E-state index in [9.17, 15) is 14.4 Å². The molecule has 0 atom stereocenters. The Labute approximate surface area is 327 Å². The molecule has 0 aliphatic heterocycles. The Morgan fingerprint density at radius 2 is 0.925 bits per heavy atom. The number of carbonyl (C=O) groups excluding carboxylic acids is 3. The minimum atomic E-state index is -0.189. The highest BCUT2D eigenvalue weighted by atomic mass is 16.5. The molecule has 0 aromatic rings. The minimum absolute atomic E-state index is 0.0289. The molecule has 0 aromatic heterocycles. The third-order valence-electron chi connectivity index (χ3n) is 10.8. The van der Waals surface area contributed by atoms with Gasteiger partial charge < -0.3 is 24.2 Å². The molecule has 1 aliphatic carbocycles. The van der Waals surface area contributed by atoms with Crippen LogP contribution in [0.3, 0.4) is 0 Å². The van der Waals surface area contributed by atoms with E-state index in [2.05, 4.69) is 13.8 Å². The number of hydrogen-bond donors (Lipinski definition) is 0. The van der Waals surface area contributed by atoms with Gasteiger partial charge in [-0.2, -0.15) is 0 Å². The summed E-state index contributed by atoms with van der Waals surface area (Å²) in [5.74, 6) is 0.827. The lowest BCUT2D eigenvalue weighted by molar-refractivity contribution is -0.146. The molecule has 0 aromatic carbocycles. The van der Waals surface area contributed by atoms with Crippen molar-refractivity contribution in [3.8, 4) is 0 Å². The standard InChI is InChI=1S/C45H85N3O5/c1-6-8-10-12-14-16-18-20-22-24-26-31-42(41-29-28-30-41)52-39-37-48(44(50)34-33-43(49)47(5)36-35-46(3)4)38-40-53-45(51)32-27-25-23-21-19-17-15-13-11-9-7-2/h6-40H2,1-5H3. The lowest BCUT2D eigenvalue weighted by atomic mass is 9.90. The van der Waals surface area contributed by atoms with Gasteiger partial charge in [-0.1, -0.05) is 142 Å². The van der Waals surface area contributed by atoms with Gasteiger partial charge in [0, 0.05) is 45.8 Å². The van der Waals surface area contributed by atoms with Gasteiger partial charge in [0.2, 0.25) is 11.8 Å². The fraction of sp³-hybridized carbons (Fsp3) is 0.889. The zero-order valence-electron chi connectivity index (χ0n) is 35.6. The summed E-state index contributed by atoms with van der Waals surface area (Å²) in [5.41, 5.74) is 1.44. The second kappa shape index (κ2) is 34.4. The third kappa shape index (κ3) is 28.0. The lowest BCUT2D eigenvalue weighted by Gasteiger charge is -2.26. The maximum Gasteiger partial charge on any atom is 0.305 e. The first-order chi connectivity index (χ1) is 25.8. The van der Waals surface area contributed by atoms with E-state index in [1.165, 1.54) is 134 Å². The number of nitrogens with zero attached hydrogens (tertiary/aromatic N) is 3. The molecule has 0 radical (unpaired) electrons. The number of esters is 1. The summed E-state index contributed by atoms with van der Waals surface area (Å²) < 4.78 is 12.0. The van der Waals surface area contributed by atoms with Crippen LogP contribution in [0.5, 0.6) is 0 Å². The number of allylic oxidation sites excluding steroid dienone is 2. The van der Waals surface area contributed by atoms with Gasteiger partial charge in [-0.25, -0.2) is 0 Å². The van der Waals surface area contributed by atoms with E-state index in [-0.39, 0.29) is 37.2 Å². The molecule has 1 aliphatic rings. The van der Waals surface area contributed by atoms with Gasteiger partial charge in [0.05, 0.1) is 18.8 Å². The first kappa shape index (κ1) is 48.9. The van der Waals surface area contributed by atoms with Crippen LogP contribution in [-0.4, -0.2) is 93.0 Å². The Kier molecular flexibility index (Phi) is 31.8. The number of unbranched alkanes of at least 4 members (excludes halogenated alkanes) is 20. The van der Waals surface area contributed by atoms with Gasteiger partial charge >= 0.3 is 5.97 Å². The molecule has 1 rings (SSSR count). The Hall–Kier alpha value is -2.09. The number of ether oxygens (including phenoxy) is 2. The zero-order valence-corrected chi connectivity index (χ0v) is 35.6. The molecule has 8 heteroatoms. The number of rotatable bonds is 37. The summed E-state index contributed by atoms with van der Waals surface area (Å²) in [7, 11) is 5.76. The molecule has 1 fully saturated rings. The monoisotopic (exact) mass is 748 g/mol. The Morgan fingerprint density at radius 1 is 0.491 bits per heavy atom. The first-order valence-electron chi connectivity index (χ1n) is 22.4. The normalized spacial score (nSPS) is 12.5. The second-order valence-electron chi connectivity index (χ2n) is 16.0. The summed E-state index contributed by atoms with van der Waals surface area (Å²) in [5, 5.41) is 0. The van der Waals surface area contributed by atoms with E-state index in [0.29, 0.717) is 32.7 Å². The smallest absolute Gasteiger partial charge is 0.305 e. The van der Waals surface area contributed by atoms with Crippen molar-refractivity contribution in [3.05, 3.63) is 11.3 Å². The third-order valence-corrected chi connectivity index (χ3v) is 10.8. The SMILES string of the molecule is CCCCCCCCCCCCCC(=O)OCCN(CCOC(CCCCCCCCCCCCC)=C1CCC1)C(=O)CCC(=O)N(C)CCN(C)C. The number of hydrogen-bond acceptors (Lipinski definition) is 6. The van der Waals surface area contributed by atoms with E-state index in [0.717, 1.165) is 50.8 Å². The van der Waals surface area contributed by atoms with Crippen LogP contribution in [0, 0.1) is 0 Å². The lowest BCUT2D eigenvalue weighted by Crippen LogP contribution is -2.38. The summed E-state index contributed by atoms with van der Waals surface area (Å²) in [6, 6.07) is 0. The van der Waals surface area contributed by atoms with E-state index in [4.69, 9.17) is 9.47 Å². The predicted molar refractivity (Wildman–Crippen MR) is 222 cm³/mol. The first-order valence-corrected chi connectivity index (χ1v) is 22.4. The van der Waals surface area contributed by atoms with Gasteiger partial charge in [0.15, 0.2) is 0 Å². The van der Waals surface area contributed by atoms with Gasteiger partial charge in [0.1, 0.15) is 13.2 Å². The van der Waals surface area contributed by atoms with Crippen LogP contribution >= 0.6 is 0 Å². The number of likely N-dealkylation sites (N-methyl/N-ethyl adjacent to an activating group) is 2. The highest BCUT2D eigenvalue weighted by molar-refractivity contribution is 5.83. The van der Waals surface area contributed by atoms with Crippen molar-refractivity contribution in [3.63, 3.8) is 0 Å². The molecule has 0 heterocycles. The molecule has 0 saturated heterocycles. The van der Waals surface area contributed by atoms with Crippen molar-refractivity contribution in [2.45, 2.75) is 200 Å². The highest BCUT2D eigenvalue weighted by Crippen LogP contribution is 2.31. The van der Waals surface area contributed by atoms with Gasteiger partial charge in [-0.3, -0.25) is 14.4 Å². The van der Waals surface area contributed by atoms with Gasteiger partial charge in [0.25, 0.3) is 0 Å². The second-order valence-corrected chi connectivity index (χ2v) is 16.0. The summed E-state index contributed by atoms with van der Waals surface area (Å²) in [6.07, 6.45) is 33.4. The van der Waals surface area contributed by atoms with Crippen LogP contribution < -0.4 is 0 Å². The van der Waals surface area contributed by atoms with Crippen molar-refractivity contribution in [2.75, 3.05) is 60.5 Å². The number of amides is 2. The molecule has 1 saturated carbocycles. The van der Waals surface area contributed by atoms with Crippen molar-refractivity contribution < 1.29 is 23.9 Å². The fourth-order valence-corrected chi connectivity index (χ4v) is 6.89. The van der Waals surface area contributed by atoms with Crippen molar-refractivity contribution in [2.24, 2.45) is 0 Å². The van der Waals surface area contributed by atoms with Crippen LogP contribution in [0.25, 0.3) is 0 Å². The van der Waals surface area contributed by atoms with Crippen LogP contribution in [-0.2, 0) is 23.9 Å². The number of carbonyl (C=O) groups is 3. The van der Waals surface area contributed by atoms with E-state index < -0.39 is 0 Å². The van der Waals surface area contributed by atoms with Crippen molar-refractivity contribution in [1.29, 1.82) is 0 Å². The van der Waals surface area contributed by atoms with Crippen molar-refractivity contribution in [1.82, 2.24) is 14.7 Å². The van der Waals surface area contributed by atoms with E-state index >= 15 is 0 Å². The summed E-state index contributed by atoms with van der Waals surface area (Å²) >= 11 is 0. The van der Waals surface area contributed by atoms with Crippen LogP contribution in [0.1, 0.15) is 200 Å². The average molecular weight is 748 g/mol. The van der Waals surface area contributed by atoms with Gasteiger partial charge in [-0.15, -0.1) is 0 Å². The molecular formula is C45H85N3O5. The maximum absolute atomic E-state index is 13.4. The molecular weight excluding hydrogens is 663 g/mol. The Balaban J connectivity index is 2.49. The summed E-state index contributed by atoms with van der Waals surface area (Å²) in [6.45, 7) is 7.28. The Bertz CT molecular complexity index is 946. The molecule has 0 bridgehead atoms. The molecule has 2 amide bonds. The quantitative estimate of drug-likeness (QED) is 0.0358.